The Labute approximate surface area is 177 Å². The Balaban J connectivity index is 1.64. The molecule has 1 atom stereocenters. The van der Waals surface area contributed by atoms with Gasteiger partial charge in [0.2, 0.25) is 5.91 Å². The second-order valence-electron chi connectivity index (χ2n) is 7.73. The zero-order chi connectivity index (χ0) is 21.4. The van der Waals surface area contributed by atoms with Crippen molar-refractivity contribution in [3.8, 4) is 6.07 Å². The molecule has 30 heavy (non-hydrogen) atoms. The van der Waals surface area contributed by atoms with Crippen molar-refractivity contribution in [2.45, 2.75) is 37.8 Å². The molecule has 2 aromatic carbocycles. The number of carbonyl (C=O) groups excluding carboxylic acids is 2. The number of nitriles is 1. The fourth-order valence-electron chi connectivity index (χ4n) is 3.97. The van der Waals surface area contributed by atoms with Gasteiger partial charge in [0.25, 0.3) is 0 Å². The van der Waals surface area contributed by atoms with Crippen LogP contribution in [0.25, 0.3) is 0 Å². The molecule has 2 aromatic rings. The van der Waals surface area contributed by atoms with E-state index in [0.29, 0.717) is 24.9 Å². The van der Waals surface area contributed by atoms with Crippen LogP contribution in [0.3, 0.4) is 0 Å². The van der Waals surface area contributed by atoms with E-state index in [0.717, 1.165) is 25.1 Å². The molecule has 1 saturated heterocycles. The molecule has 3 rings (SSSR count). The number of nitrogens with zero attached hydrogens (tertiary/aromatic N) is 2. The number of carbonyl (C=O) groups is 2. The summed E-state index contributed by atoms with van der Waals surface area (Å²) in [6.07, 6.45) is 2.18. The molecule has 0 aliphatic carbocycles. The first-order valence-corrected chi connectivity index (χ1v) is 10.2. The number of aryl methyl sites for hydroxylation is 1. The van der Waals surface area contributed by atoms with Gasteiger partial charge < -0.3 is 10.1 Å². The number of piperidine rings is 1. The predicted octanol–water partition coefficient (Wildman–Crippen LogP) is 2.81. The number of rotatable bonds is 7. The van der Waals surface area contributed by atoms with Crippen LogP contribution in [-0.2, 0) is 27.3 Å². The van der Waals surface area contributed by atoms with E-state index in [9.17, 15) is 9.59 Å². The van der Waals surface area contributed by atoms with Crippen molar-refractivity contribution in [1.29, 1.82) is 5.26 Å². The molecule has 1 heterocycles. The average molecular weight is 405 g/mol. The Bertz CT molecular complexity index is 906. The normalized spacial score (nSPS) is 18.9. The van der Waals surface area contributed by atoms with Crippen LogP contribution in [0.15, 0.2) is 54.6 Å². The topological polar surface area (TPSA) is 82.4 Å². The molecule has 0 aromatic heterocycles. The van der Waals surface area contributed by atoms with Crippen molar-refractivity contribution in [3.05, 3.63) is 71.3 Å². The summed E-state index contributed by atoms with van der Waals surface area (Å²) in [5.41, 5.74) is 1.72. The van der Waals surface area contributed by atoms with Crippen LogP contribution in [0.2, 0.25) is 0 Å². The van der Waals surface area contributed by atoms with Crippen LogP contribution in [0.5, 0.6) is 0 Å². The van der Waals surface area contributed by atoms with E-state index in [1.54, 1.807) is 12.1 Å². The van der Waals surface area contributed by atoms with Crippen LogP contribution in [-0.4, -0.2) is 42.5 Å². The Morgan fingerprint density at radius 3 is 2.53 bits per heavy atom. The highest BCUT2D eigenvalue weighted by molar-refractivity contribution is 5.88. The molecule has 1 N–H and O–H groups in total. The summed E-state index contributed by atoms with van der Waals surface area (Å²) in [5.74, 6) is -0.571. The Hall–Kier alpha value is -3.17. The number of hydrogen-bond donors (Lipinski definition) is 1. The molecular weight excluding hydrogens is 378 g/mol. The van der Waals surface area contributed by atoms with Gasteiger partial charge >= 0.3 is 5.97 Å². The first-order valence-electron chi connectivity index (χ1n) is 10.2. The minimum atomic E-state index is -1.02. The number of hydrogen-bond acceptors (Lipinski definition) is 5. The summed E-state index contributed by atoms with van der Waals surface area (Å²) < 4.78 is 5.07. The van der Waals surface area contributed by atoms with Gasteiger partial charge in [-0.2, -0.15) is 5.26 Å². The van der Waals surface area contributed by atoms with Crippen molar-refractivity contribution in [2.75, 3.05) is 20.2 Å². The summed E-state index contributed by atoms with van der Waals surface area (Å²) in [6.45, 7) is 2.02. The highest BCUT2D eigenvalue weighted by Gasteiger charge is 2.44. The number of benzene rings is 2. The van der Waals surface area contributed by atoms with Gasteiger partial charge in [0.1, 0.15) is 0 Å². The largest absolute Gasteiger partial charge is 0.467 e. The van der Waals surface area contributed by atoms with Crippen molar-refractivity contribution in [2.24, 2.45) is 0 Å². The molecule has 0 spiro atoms. The molecule has 0 saturated carbocycles. The van der Waals surface area contributed by atoms with E-state index in [4.69, 9.17) is 10.00 Å². The molecule has 1 unspecified atom stereocenters. The van der Waals surface area contributed by atoms with E-state index < -0.39 is 11.5 Å². The van der Waals surface area contributed by atoms with E-state index >= 15 is 0 Å². The number of esters is 1. The van der Waals surface area contributed by atoms with Gasteiger partial charge in [0, 0.05) is 19.5 Å². The lowest BCUT2D eigenvalue weighted by molar-refractivity contribution is -0.154. The summed E-state index contributed by atoms with van der Waals surface area (Å²) in [6, 6.07) is 19.4. The standard InChI is InChI=1S/C24H27N3O3/c1-30-23(29)24(14-5-15-27(18-24)17-21-6-3-2-4-7-21)26-22(28)13-12-19-8-10-20(16-25)11-9-19/h2-4,6-11H,5,12-15,17-18H2,1H3,(H,26,28). The average Bonchev–Trinajstić information content (AvgIpc) is 2.78. The summed E-state index contributed by atoms with van der Waals surface area (Å²) >= 11 is 0. The molecule has 0 bridgehead atoms. The molecule has 1 aliphatic rings. The minimum Gasteiger partial charge on any atom is -0.467 e. The monoisotopic (exact) mass is 405 g/mol. The molecule has 6 nitrogen and oxygen atoms in total. The highest BCUT2D eigenvalue weighted by Crippen LogP contribution is 2.25. The third-order valence-electron chi connectivity index (χ3n) is 5.50. The molecule has 156 valence electrons. The van der Waals surface area contributed by atoms with Crippen molar-refractivity contribution in [1.82, 2.24) is 10.2 Å². The van der Waals surface area contributed by atoms with Gasteiger partial charge in [-0.1, -0.05) is 42.5 Å². The van der Waals surface area contributed by atoms with Crippen LogP contribution < -0.4 is 5.32 Å². The van der Waals surface area contributed by atoms with Gasteiger partial charge in [0.15, 0.2) is 5.54 Å². The van der Waals surface area contributed by atoms with Gasteiger partial charge in [-0.3, -0.25) is 9.69 Å². The lowest BCUT2D eigenvalue weighted by Gasteiger charge is -2.41. The van der Waals surface area contributed by atoms with Gasteiger partial charge in [-0.05, 0) is 49.1 Å². The number of ether oxygens (including phenoxy) is 1. The Kier molecular flexibility index (Phi) is 7.21. The summed E-state index contributed by atoms with van der Waals surface area (Å²) in [5, 5.41) is 11.9. The van der Waals surface area contributed by atoms with Crippen molar-refractivity contribution >= 4 is 11.9 Å². The third kappa shape index (κ3) is 5.46. The smallest absolute Gasteiger partial charge is 0.332 e. The third-order valence-corrected chi connectivity index (χ3v) is 5.50. The van der Waals surface area contributed by atoms with Crippen molar-refractivity contribution in [3.63, 3.8) is 0 Å². The first-order chi connectivity index (χ1) is 14.5. The van der Waals surface area contributed by atoms with E-state index in [1.165, 1.54) is 12.7 Å². The minimum absolute atomic E-state index is 0.175. The number of likely N-dealkylation sites (tertiary alicyclic amines) is 1. The quantitative estimate of drug-likeness (QED) is 0.717. The van der Waals surface area contributed by atoms with E-state index in [-0.39, 0.29) is 12.3 Å². The van der Waals surface area contributed by atoms with Crippen molar-refractivity contribution < 1.29 is 14.3 Å². The second-order valence-corrected chi connectivity index (χ2v) is 7.73. The fourth-order valence-corrected chi connectivity index (χ4v) is 3.97. The molecule has 1 amide bonds. The molecule has 6 heteroatoms. The SMILES string of the molecule is COC(=O)C1(NC(=O)CCc2ccc(C#N)cc2)CCCN(Cc2ccccc2)C1. The Morgan fingerprint density at radius 2 is 1.87 bits per heavy atom. The van der Waals surface area contributed by atoms with Gasteiger partial charge in [-0.25, -0.2) is 4.79 Å². The molecule has 1 aliphatic heterocycles. The van der Waals surface area contributed by atoms with Crippen LogP contribution >= 0.6 is 0 Å². The highest BCUT2D eigenvalue weighted by atomic mass is 16.5. The number of amides is 1. The number of nitrogens with one attached hydrogen (secondary N) is 1. The fraction of sp³-hybridized carbons (Fsp3) is 0.375. The van der Waals surface area contributed by atoms with Gasteiger partial charge in [0.05, 0.1) is 18.7 Å². The van der Waals surface area contributed by atoms with Crippen LogP contribution in [0.4, 0.5) is 0 Å². The van der Waals surface area contributed by atoms with Gasteiger partial charge in [-0.15, -0.1) is 0 Å². The van der Waals surface area contributed by atoms with E-state index in [1.807, 2.05) is 30.3 Å². The molecular formula is C24H27N3O3. The first kappa shape index (κ1) is 21.5. The maximum Gasteiger partial charge on any atom is 0.332 e. The molecule has 1 fully saturated rings. The summed E-state index contributed by atoms with van der Waals surface area (Å²) in [7, 11) is 1.36. The second kappa shape index (κ2) is 10.0. The maximum atomic E-state index is 12.7. The predicted molar refractivity (Wildman–Crippen MR) is 113 cm³/mol. The maximum absolute atomic E-state index is 12.7. The zero-order valence-corrected chi connectivity index (χ0v) is 17.3. The van der Waals surface area contributed by atoms with E-state index in [2.05, 4.69) is 28.4 Å². The summed E-state index contributed by atoms with van der Waals surface area (Å²) in [4.78, 5) is 27.6. The Morgan fingerprint density at radius 1 is 1.13 bits per heavy atom. The lowest BCUT2D eigenvalue weighted by Crippen LogP contribution is -2.63. The lowest BCUT2D eigenvalue weighted by atomic mass is 9.88. The van der Waals surface area contributed by atoms with Crippen LogP contribution in [0.1, 0.15) is 36.0 Å². The number of methoxy groups -OCH3 is 1. The zero-order valence-electron chi connectivity index (χ0n) is 17.3. The molecule has 0 radical (unpaired) electrons. The van der Waals surface area contributed by atoms with Crippen LogP contribution in [0, 0.1) is 11.3 Å².